The molecule has 1 aliphatic heterocycles. The van der Waals surface area contributed by atoms with E-state index in [0.29, 0.717) is 42.9 Å². The van der Waals surface area contributed by atoms with Gasteiger partial charge in [-0.05, 0) is 44.7 Å². The smallest absolute Gasteiger partial charge is 0.318 e. The van der Waals surface area contributed by atoms with E-state index in [2.05, 4.69) is 46.8 Å². The minimum Gasteiger partial charge on any atom is -0.481 e. The molecule has 1 saturated heterocycles. The molecule has 1 fully saturated rings. The molecule has 0 bridgehead atoms. The van der Waals surface area contributed by atoms with Crippen LogP contribution in [0.15, 0.2) is 41.3 Å². The minimum absolute atomic E-state index is 0.173. The Hall–Kier alpha value is -4.42. The van der Waals surface area contributed by atoms with E-state index < -0.39 is 11.4 Å². The predicted molar refractivity (Wildman–Crippen MR) is 140 cm³/mol. The van der Waals surface area contributed by atoms with Gasteiger partial charge < -0.3 is 19.7 Å². The Morgan fingerprint density at radius 1 is 1.18 bits per heavy atom. The molecule has 0 saturated carbocycles. The molecule has 1 aliphatic carbocycles. The highest BCUT2D eigenvalue weighted by Gasteiger charge is 2.31. The number of aryl methyl sites for hydroxylation is 1. The monoisotopic (exact) mass is 530 g/mol. The lowest BCUT2D eigenvalue weighted by Crippen LogP contribution is -2.25. The molecule has 0 spiro atoms. The second kappa shape index (κ2) is 10.0. The van der Waals surface area contributed by atoms with E-state index in [1.165, 1.54) is 5.56 Å². The van der Waals surface area contributed by atoms with Crippen LogP contribution in [-0.4, -0.2) is 70.4 Å². The van der Waals surface area contributed by atoms with Gasteiger partial charge >= 0.3 is 12.0 Å². The molecule has 2 atom stereocenters. The van der Waals surface area contributed by atoms with E-state index in [4.69, 9.17) is 4.42 Å². The number of hydrogen-bond acceptors (Lipinski definition) is 11. The van der Waals surface area contributed by atoms with Crippen molar-refractivity contribution in [1.82, 2.24) is 40.1 Å². The van der Waals surface area contributed by atoms with E-state index in [0.717, 1.165) is 37.2 Å². The summed E-state index contributed by atoms with van der Waals surface area (Å²) in [5.74, 6) is 0.274. The predicted octanol–water partition coefficient (Wildman–Crippen LogP) is 2.59. The Balaban J connectivity index is 1.04. The van der Waals surface area contributed by atoms with Crippen molar-refractivity contribution in [3.63, 3.8) is 0 Å². The molecular formula is C26H30N10O3. The van der Waals surface area contributed by atoms with Crippen molar-refractivity contribution in [2.75, 3.05) is 23.3 Å². The zero-order valence-corrected chi connectivity index (χ0v) is 21.9. The summed E-state index contributed by atoms with van der Waals surface area (Å²) in [5.41, 5.74) is 3.10. The number of nitrogens with zero attached hydrogens (tertiary/aromatic N) is 9. The molecule has 6 rings (SSSR count). The zero-order chi connectivity index (χ0) is 27.0. The Labute approximate surface area is 224 Å². The average Bonchev–Trinajstić information content (AvgIpc) is 3.73. The largest absolute Gasteiger partial charge is 0.481 e. The van der Waals surface area contributed by atoms with Crippen molar-refractivity contribution >= 4 is 17.9 Å². The number of nitrogens with one attached hydrogen (secondary N) is 1. The molecule has 5 heterocycles. The highest BCUT2D eigenvalue weighted by atomic mass is 16.4. The van der Waals surface area contributed by atoms with E-state index in [-0.39, 0.29) is 12.0 Å². The van der Waals surface area contributed by atoms with E-state index in [1.807, 2.05) is 23.4 Å². The molecule has 0 aromatic carbocycles. The Morgan fingerprint density at radius 2 is 2.03 bits per heavy atom. The number of carboxylic acids is 1. The Morgan fingerprint density at radius 3 is 2.82 bits per heavy atom. The standard InChI is InChI=1S/C26H30N10O3/c1-26(2,23(37)38)6-9-36-15-21(31-34-36)17-5-8-35(14-17)25-33-32-22(39-25)18-12-28-24(29-13-18)30-19-10-16-4-3-7-27-20(16)11-19/h3-4,7,12-13,15,17,19H,5-6,8-11,14H2,1-2H3,(H,37,38)(H,28,29,30). The van der Waals surface area contributed by atoms with Gasteiger partial charge in [-0.25, -0.2) is 9.97 Å². The molecule has 202 valence electrons. The molecule has 13 heteroatoms. The van der Waals surface area contributed by atoms with Gasteiger partial charge in [-0.15, -0.1) is 10.2 Å². The third kappa shape index (κ3) is 5.29. The van der Waals surface area contributed by atoms with Gasteiger partial charge in [-0.3, -0.25) is 14.5 Å². The quantitative estimate of drug-likeness (QED) is 0.326. The zero-order valence-electron chi connectivity index (χ0n) is 21.9. The topological polar surface area (TPSA) is 161 Å². The van der Waals surface area contributed by atoms with Crippen LogP contribution < -0.4 is 10.2 Å². The lowest BCUT2D eigenvalue weighted by Gasteiger charge is -2.18. The molecule has 2 unspecified atom stereocenters. The summed E-state index contributed by atoms with van der Waals surface area (Å²) in [6.07, 6.45) is 10.2. The van der Waals surface area contributed by atoms with Crippen molar-refractivity contribution in [1.29, 1.82) is 0 Å². The fourth-order valence-corrected chi connectivity index (χ4v) is 4.96. The van der Waals surface area contributed by atoms with E-state index >= 15 is 0 Å². The number of rotatable bonds is 9. The SMILES string of the molecule is CC(C)(CCn1cc(C2CCN(c3nnc(-c4cnc(NC5Cc6cccnc6C5)nc4)o3)C2)nn1)C(=O)O. The number of hydrogen-bond donors (Lipinski definition) is 2. The number of anilines is 2. The summed E-state index contributed by atoms with van der Waals surface area (Å²) >= 11 is 0. The van der Waals surface area contributed by atoms with Crippen LogP contribution in [0.5, 0.6) is 0 Å². The summed E-state index contributed by atoms with van der Waals surface area (Å²) < 4.78 is 7.67. The highest BCUT2D eigenvalue weighted by molar-refractivity contribution is 5.73. The van der Waals surface area contributed by atoms with Crippen molar-refractivity contribution < 1.29 is 14.3 Å². The normalized spacial score (nSPS) is 18.9. The van der Waals surface area contributed by atoms with Crippen LogP contribution in [0.4, 0.5) is 12.0 Å². The van der Waals surface area contributed by atoms with Gasteiger partial charge in [0.15, 0.2) is 0 Å². The molecule has 4 aromatic heterocycles. The number of aliphatic carboxylic acids is 1. The third-order valence-electron chi connectivity index (χ3n) is 7.52. The maximum absolute atomic E-state index is 11.4. The fraction of sp³-hybridized carbons (Fsp3) is 0.462. The van der Waals surface area contributed by atoms with Gasteiger partial charge in [-0.2, -0.15) is 0 Å². The molecular weight excluding hydrogens is 500 g/mol. The first-order valence-corrected chi connectivity index (χ1v) is 13.1. The number of aromatic nitrogens is 8. The molecule has 13 nitrogen and oxygen atoms in total. The highest BCUT2D eigenvalue weighted by Crippen LogP contribution is 2.31. The van der Waals surface area contributed by atoms with Crippen LogP contribution in [0.3, 0.4) is 0 Å². The van der Waals surface area contributed by atoms with Gasteiger partial charge in [0.25, 0.3) is 5.89 Å². The number of pyridine rings is 1. The first kappa shape index (κ1) is 24.9. The summed E-state index contributed by atoms with van der Waals surface area (Å²) in [7, 11) is 0. The van der Waals surface area contributed by atoms with Gasteiger partial charge in [0, 0.05) is 68.5 Å². The summed E-state index contributed by atoms with van der Waals surface area (Å²) in [6, 6.07) is 4.74. The van der Waals surface area contributed by atoms with Crippen molar-refractivity contribution in [2.24, 2.45) is 5.41 Å². The average molecular weight is 531 g/mol. The summed E-state index contributed by atoms with van der Waals surface area (Å²) in [5, 5.41) is 29.7. The van der Waals surface area contributed by atoms with Gasteiger partial charge in [-0.1, -0.05) is 16.4 Å². The molecule has 4 aromatic rings. The minimum atomic E-state index is -0.819. The van der Waals surface area contributed by atoms with Crippen LogP contribution >= 0.6 is 0 Å². The van der Waals surface area contributed by atoms with Crippen molar-refractivity contribution in [3.8, 4) is 11.5 Å². The number of fused-ring (bicyclic) bond motifs is 1. The van der Waals surface area contributed by atoms with Crippen LogP contribution in [-0.2, 0) is 24.2 Å². The number of carbonyl (C=O) groups is 1. The third-order valence-corrected chi connectivity index (χ3v) is 7.52. The van der Waals surface area contributed by atoms with Crippen LogP contribution in [0.25, 0.3) is 11.5 Å². The molecule has 2 N–H and O–H groups in total. The molecule has 0 amide bonds. The van der Waals surface area contributed by atoms with E-state index in [1.54, 1.807) is 30.9 Å². The summed E-state index contributed by atoms with van der Waals surface area (Å²) in [4.78, 5) is 26.7. The first-order valence-electron chi connectivity index (χ1n) is 13.1. The first-order chi connectivity index (χ1) is 18.8. The van der Waals surface area contributed by atoms with Crippen molar-refractivity contribution in [3.05, 3.63) is 53.9 Å². The van der Waals surface area contributed by atoms with Gasteiger partial charge in [0.05, 0.1) is 16.7 Å². The maximum Gasteiger partial charge on any atom is 0.318 e. The van der Waals surface area contributed by atoms with Gasteiger partial charge in [0.2, 0.25) is 5.95 Å². The van der Waals surface area contributed by atoms with Crippen LogP contribution in [0.2, 0.25) is 0 Å². The summed E-state index contributed by atoms with van der Waals surface area (Å²) in [6.45, 7) is 5.36. The van der Waals surface area contributed by atoms with Crippen LogP contribution in [0, 0.1) is 5.41 Å². The van der Waals surface area contributed by atoms with Crippen molar-refractivity contribution in [2.45, 2.75) is 58.0 Å². The lowest BCUT2D eigenvalue weighted by molar-refractivity contribution is -0.147. The maximum atomic E-state index is 11.4. The molecule has 0 radical (unpaired) electrons. The van der Waals surface area contributed by atoms with Gasteiger partial charge in [0.1, 0.15) is 0 Å². The number of carboxylic acid groups (broad SMARTS) is 1. The fourth-order valence-electron chi connectivity index (χ4n) is 4.96. The molecule has 2 aliphatic rings. The second-order valence-corrected chi connectivity index (χ2v) is 10.8. The van der Waals surface area contributed by atoms with E-state index in [9.17, 15) is 9.90 Å². The Kier molecular flexibility index (Phi) is 6.41. The Bertz CT molecular complexity index is 1440. The molecule has 39 heavy (non-hydrogen) atoms. The lowest BCUT2D eigenvalue weighted by atomic mass is 9.90. The van der Waals surface area contributed by atoms with Crippen LogP contribution in [0.1, 0.15) is 49.6 Å². The second-order valence-electron chi connectivity index (χ2n) is 10.8.